The third-order valence-corrected chi connectivity index (χ3v) is 3.78. The number of carbonyl (C=O) groups excluding carboxylic acids is 1. The van der Waals surface area contributed by atoms with Gasteiger partial charge < -0.3 is 10.2 Å². The van der Waals surface area contributed by atoms with Gasteiger partial charge in [0, 0.05) is 23.1 Å². The standard InChI is InChI=1S/C17H14ClNO2/c1-2-14-16(11-5-3-4-6-15(11)21-14)17(20)12-9-10(19)7-8-13(12)18/h3-9H,2,19H2,1H3. The molecule has 0 atom stereocenters. The average Bonchev–Trinajstić information content (AvgIpc) is 2.87. The van der Waals surface area contributed by atoms with E-state index in [1.165, 1.54) is 0 Å². The molecular weight excluding hydrogens is 286 g/mol. The van der Waals surface area contributed by atoms with E-state index in [0.29, 0.717) is 39.6 Å². The average molecular weight is 300 g/mol. The fourth-order valence-corrected chi connectivity index (χ4v) is 2.65. The molecule has 0 radical (unpaired) electrons. The van der Waals surface area contributed by atoms with Crippen LogP contribution in [0.2, 0.25) is 5.02 Å². The zero-order valence-electron chi connectivity index (χ0n) is 11.5. The molecule has 0 saturated carbocycles. The minimum absolute atomic E-state index is 0.158. The number of anilines is 1. The smallest absolute Gasteiger partial charge is 0.198 e. The number of ketones is 1. The van der Waals surface area contributed by atoms with Crippen LogP contribution >= 0.6 is 11.6 Å². The molecule has 106 valence electrons. The van der Waals surface area contributed by atoms with Crippen LogP contribution in [0.4, 0.5) is 5.69 Å². The predicted octanol–water partition coefficient (Wildman–Crippen LogP) is 4.46. The van der Waals surface area contributed by atoms with Gasteiger partial charge in [-0.25, -0.2) is 0 Å². The molecule has 3 rings (SSSR count). The van der Waals surface area contributed by atoms with Crippen molar-refractivity contribution < 1.29 is 9.21 Å². The van der Waals surface area contributed by atoms with Crippen LogP contribution in [0.5, 0.6) is 0 Å². The summed E-state index contributed by atoms with van der Waals surface area (Å²) in [5.74, 6) is 0.508. The lowest BCUT2D eigenvalue weighted by molar-refractivity contribution is 0.103. The largest absolute Gasteiger partial charge is 0.460 e. The van der Waals surface area contributed by atoms with Crippen molar-refractivity contribution in [3.8, 4) is 0 Å². The summed E-state index contributed by atoms with van der Waals surface area (Å²) in [7, 11) is 0. The molecular formula is C17H14ClNO2. The Morgan fingerprint density at radius 3 is 2.76 bits per heavy atom. The summed E-state index contributed by atoms with van der Waals surface area (Å²) in [6, 6.07) is 12.4. The molecule has 2 N–H and O–H groups in total. The molecule has 0 unspecified atom stereocenters. The van der Waals surface area contributed by atoms with E-state index in [-0.39, 0.29) is 5.78 Å². The van der Waals surface area contributed by atoms with Crippen molar-refractivity contribution in [2.45, 2.75) is 13.3 Å². The van der Waals surface area contributed by atoms with E-state index in [4.69, 9.17) is 21.8 Å². The van der Waals surface area contributed by atoms with Gasteiger partial charge in [0.05, 0.1) is 10.6 Å². The SMILES string of the molecule is CCc1oc2ccccc2c1C(=O)c1cc(N)ccc1Cl. The topological polar surface area (TPSA) is 56.2 Å². The molecule has 21 heavy (non-hydrogen) atoms. The fourth-order valence-electron chi connectivity index (χ4n) is 2.45. The summed E-state index contributed by atoms with van der Waals surface area (Å²) >= 11 is 6.15. The van der Waals surface area contributed by atoms with Gasteiger partial charge in [0.15, 0.2) is 5.78 Å². The number of carbonyl (C=O) groups is 1. The number of hydrogen-bond donors (Lipinski definition) is 1. The van der Waals surface area contributed by atoms with E-state index in [2.05, 4.69) is 0 Å². The second kappa shape index (κ2) is 5.26. The van der Waals surface area contributed by atoms with Crippen LogP contribution in [0.15, 0.2) is 46.9 Å². The Morgan fingerprint density at radius 2 is 2.00 bits per heavy atom. The Morgan fingerprint density at radius 1 is 1.24 bits per heavy atom. The third-order valence-electron chi connectivity index (χ3n) is 3.45. The maximum absolute atomic E-state index is 12.9. The number of halogens is 1. The lowest BCUT2D eigenvalue weighted by Gasteiger charge is -2.05. The van der Waals surface area contributed by atoms with Gasteiger partial charge in [0.25, 0.3) is 0 Å². The van der Waals surface area contributed by atoms with Crippen molar-refractivity contribution in [3.63, 3.8) is 0 Å². The minimum atomic E-state index is -0.158. The molecule has 1 heterocycles. The molecule has 0 saturated heterocycles. The second-order valence-electron chi connectivity index (χ2n) is 4.82. The summed E-state index contributed by atoms with van der Waals surface area (Å²) in [6.45, 7) is 1.95. The summed E-state index contributed by atoms with van der Waals surface area (Å²) in [5, 5.41) is 1.19. The van der Waals surface area contributed by atoms with Crippen molar-refractivity contribution in [1.82, 2.24) is 0 Å². The quantitative estimate of drug-likeness (QED) is 0.574. The summed E-state index contributed by atoms with van der Waals surface area (Å²) in [5.41, 5.74) is 7.95. The molecule has 0 spiro atoms. The number of aryl methyl sites for hydroxylation is 1. The molecule has 4 heteroatoms. The zero-order chi connectivity index (χ0) is 15.0. The number of benzene rings is 2. The first-order chi connectivity index (χ1) is 10.1. The van der Waals surface area contributed by atoms with E-state index >= 15 is 0 Å². The summed E-state index contributed by atoms with van der Waals surface area (Å²) < 4.78 is 5.77. The maximum Gasteiger partial charge on any atom is 0.198 e. The first-order valence-electron chi connectivity index (χ1n) is 6.72. The Balaban J connectivity index is 2.24. The maximum atomic E-state index is 12.9. The molecule has 1 aromatic heterocycles. The summed E-state index contributed by atoms with van der Waals surface area (Å²) in [6.07, 6.45) is 0.635. The Labute approximate surface area is 127 Å². The molecule has 0 fully saturated rings. The normalized spacial score (nSPS) is 11.0. The number of rotatable bonds is 3. The lowest BCUT2D eigenvalue weighted by atomic mass is 9.99. The fraction of sp³-hybridized carbons (Fsp3) is 0.118. The van der Waals surface area contributed by atoms with Gasteiger partial charge in [-0.3, -0.25) is 4.79 Å². The minimum Gasteiger partial charge on any atom is -0.460 e. The highest BCUT2D eigenvalue weighted by Gasteiger charge is 2.22. The van der Waals surface area contributed by atoms with Gasteiger partial charge in [-0.1, -0.05) is 36.7 Å². The van der Waals surface area contributed by atoms with Gasteiger partial charge in [-0.05, 0) is 24.3 Å². The number of para-hydroxylation sites is 1. The van der Waals surface area contributed by atoms with E-state index < -0.39 is 0 Å². The number of nitrogens with two attached hydrogens (primary N) is 1. The van der Waals surface area contributed by atoms with Crippen molar-refractivity contribution in [3.05, 3.63) is 64.4 Å². The van der Waals surface area contributed by atoms with Crippen LogP contribution in [-0.2, 0) is 6.42 Å². The highest BCUT2D eigenvalue weighted by molar-refractivity contribution is 6.35. The lowest BCUT2D eigenvalue weighted by Crippen LogP contribution is -2.05. The molecule has 3 aromatic rings. The van der Waals surface area contributed by atoms with Crippen LogP contribution in [0.1, 0.15) is 28.6 Å². The second-order valence-corrected chi connectivity index (χ2v) is 5.23. The van der Waals surface area contributed by atoms with E-state index in [9.17, 15) is 4.79 Å². The Kier molecular flexibility index (Phi) is 3.43. The Hall–Kier alpha value is -2.26. The van der Waals surface area contributed by atoms with Crippen LogP contribution in [0, 0.1) is 0 Å². The highest BCUT2D eigenvalue weighted by Crippen LogP contribution is 2.31. The Bertz CT molecular complexity index is 836. The monoisotopic (exact) mass is 299 g/mol. The van der Waals surface area contributed by atoms with E-state index in [1.807, 2.05) is 31.2 Å². The molecule has 0 bridgehead atoms. The third kappa shape index (κ3) is 2.30. The van der Waals surface area contributed by atoms with Crippen molar-refractivity contribution in [2.24, 2.45) is 0 Å². The van der Waals surface area contributed by atoms with Crippen molar-refractivity contribution >= 4 is 34.0 Å². The number of nitrogen functional groups attached to an aromatic ring is 1. The van der Waals surface area contributed by atoms with E-state index in [1.54, 1.807) is 18.2 Å². The van der Waals surface area contributed by atoms with Crippen molar-refractivity contribution in [1.29, 1.82) is 0 Å². The van der Waals surface area contributed by atoms with Crippen LogP contribution in [0.25, 0.3) is 11.0 Å². The van der Waals surface area contributed by atoms with Crippen molar-refractivity contribution in [2.75, 3.05) is 5.73 Å². The zero-order valence-corrected chi connectivity index (χ0v) is 12.3. The summed E-state index contributed by atoms with van der Waals surface area (Å²) in [4.78, 5) is 12.9. The van der Waals surface area contributed by atoms with Gasteiger partial charge in [-0.15, -0.1) is 0 Å². The molecule has 0 aliphatic rings. The van der Waals surface area contributed by atoms with Gasteiger partial charge >= 0.3 is 0 Å². The number of fused-ring (bicyclic) bond motifs is 1. The highest BCUT2D eigenvalue weighted by atomic mass is 35.5. The number of furan rings is 1. The molecule has 2 aromatic carbocycles. The molecule has 0 aliphatic heterocycles. The van der Waals surface area contributed by atoms with Crippen LogP contribution in [0.3, 0.4) is 0 Å². The number of hydrogen-bond acceptors (Lipinski definition) is 3. The molecule has 3 nitrogen and oxygen atoms in total. The first kappa shape index (κ1) is 13.7. The van der Waals surface area contributed by atoms with Crippen LogP contribution in [-0.4, -0.2) is 5.78 Å². The van der Waals surface area contributed by atoms with Gasteiger partial charge in [-0.2, -0.15) is 0 Å². The van der Waals surface area contributed by atoms with Gasteiger partial charge in [0.2, 0.25) is 0 Å². The first-order valence-corrected chi connectivity index (χ1v) is 7.09. The van der Waals surface area contributed by atoms with E-state index in [0.717, 1.165) is 5.39 Å². The van der Waals surface area contributed by atoms with Crippen LogP contribution < -0.4 is 5.73 Å². The predicted molar refractivity (Wildman–Crippen MR) is 84.9 cm³/mol. The molecule has 0 aliphatic carbocycles. The molecule has 0 amide bonds. The van der Waals surface area contributed by atoms with Gasteiger partial charge in [0.1, 0.15) is 11.3 Å².